The topological polar surface area (TPSA) is 221 Å². The average molecular weight is 1150 g/mol. The minimum Gasteiger partial charge on any atom is -0.497 e. The molecule has 2 saturated heterocycles. The normalized spacial score (nSPS) is 14.7. The molecule has 20 nitrogen and oxygen atoms in total. The molecule has 4 heterocycles. The monoisotopic (exact) mass is 1150 g/mol. The summed E-state index contributed by atoms with van der Waals surface area (Å²) in [6, 6.07) is 39.7. The summed E-state index contributed by atoms with van der Waals surface area (Å²) in [6.45, 7) is 5.07. The highest BCUT2D eigenvalue weighted by Gasteiger charge is 2.34. The number of amides is 4. The number of methoxy groups -OCH3 is 2. The zero-order valence-corrected chi connectivity index (χ0v) is 46.0. The zero-order chi connectivity index (χ0) is 59.1. The Morgan fingerprint density at radius 3 is 1.60 bits per heavy atom. The number of halogens is 4. The summed E-state index contributed by atoms with van der Waals surface area (Å²) in [5.74, 6) is -1.03. The lowest BCUT2D eigenvalue weighted by atomic mass is 10.0. The number of rotatable bonds is 23. The fourth-order valence-corrected chi connectivity index (χ4v) is 9.18. The minimum absolute atomic E-state index is 0.0121. The molecule has 0 spiro atoms. The van der Waals surface area contributed by atoms with E-state index >= 15 is 8.78 Å². The van der Waals surface area contributed by atoms with E-state index in [1.807, 2.05) is 113 Å². The number of cyclic esters (lactones) is 2. The number of hydrogen-bond donors (Lipinski definition) is 4. The van der Waals surface area contributed by atoms with Crippen LogP contribution in [0.4, 0.5) is 38.5 Å². The predicted molar refractivity (Wildman–Crippen MR) is 302 cm³/mol. The number of nitrogens with one attached hydrogen (secondary N) is 4. The van der Waals surface area contributed by atoms with Crippen LogP contribution in [-0.4, -0.2) is 113 Å². The van der Waals surface area contributed by atoms with Crippen molar-refractivity contribution in [2.45, 2.75) is 64.8 Å². The quantitative estimate of drug-likeness (QED) is 0.0446. The number of alkyl halides is 2. The van der Waals surface area contributed by atoms with E-state index in [-0.39, 0.29) is 37.8 Å². The third kappa shape index (κ3) is 15.6. The molecule has 8 aromatic rings. The Labute approximate surface area is 480 Å². The Kier molecular flexibility index (Phi) is 19.6. The largest absolute Gasteiger partial charge is 0.497 e. The van der Waals surface area contributed by atoms with Crippen LogP contribution in [0, 0.1) is 11.6 Å². The van der Waals surface area contributed by atoms with Gasteiger partial charge < -0.3 is 40.2 Å². The Morgan fingerprint density at radius 2 is 1.11 bits per heavy atom. The molecular weight excluding hydrogens is 1090 g/mol. The lowest BCUT2D eigenvalue weighted by molar-refractivity contribution is -0.132. The Hall–Kier alpha value is -9.68. The maximum atomic E-state index is 15.1. The van der Waals surface area contributed by atoms with E-state index in [0.717, 1.165) is 50.7 Å². The Morgan fingerprint density at radius 1 is 0.619 bits per heavy atom. The van der Waals surface area contributed by atoms with Gasteiger partial charge in [-0.25, -0.2) is 27.7 Å². The van der Waals surface area contributed by atoms with Crippen LogP contribution in [-0.2, 0) is 58.3 Å². The highest BCUT2D eigenvalue weighted by molar-refractivity contribution is 5.91. The van der Waals surface area contributed by atoms with E-state index in [0.29, 0.717) is 61.6 Å². The van der Waals surface area contributed by atoms with E-state index in [9.17, 15) is 28.0 Å². The number of aromatic nitrogens is 6. The van der Waals surface area contributed by atoms with Crippen LogP contribution >= 0.6 is 0 Å². The molecule has 0 bridgehead atoms. The summed E-state index contributed by atoms with van der Waals surface area (Å²) in [4.78, 5) is 49.3. The van der Waals surface area contributed by atoms with Crippen LogP contribution < -0.4 is 40.5 Å². The van der Waals surface area contributed by atoms with E-state index < -0.39 is 48.4 Å². The summed E-state index contributed by atoms with van der Waals surface area (Å²) < 4.78 is 79.3. The Bertz CT molecular complexity index is 3530. The molecular formula is C60H60F4N12O8. The van der Waals surface area contributed by atoms with Gasteiger partial charge in [-0.3, -0.25) is 19.4 Å². The molecule has 436 valence electrons. The fourth-order valence-electron chi connectivity index (χ4n) is 9.18. The third-order valence-electron chi connectivity index (χ3n) is 13.6. The molecule has 4 N–H and O–H groups in total. The van der Waals surface area contributed by atoms with Gasteiger partial charge in [0.05, 0.1) is 88.6 Å². The molecule has 2 fully saturated rings. The maximum absolute atomic E-state index is 15.1. The molecule has 10 rings (SSSR count). The van der Waals surface area contributed by atoms with Gasteiger partial charge in [0, 0.05) is 44.2 Å². The van der Waals surface area contributed by atoms with Crippen LogP contribution in [0.2, 0.25) is 0 Å². The minimum atomic E-state index is -3.16. The standard InChI is InChI=1S/C30H29F3N6O4.C30H31FN6O4/c1-42-24-9-4-20(5-10-24)16-38-17-22(36-37-38)14-34-13-19-2-6-21(7-3-19)26-11-8-23(12-27(26)31)39-18-25(43-30(39)41)15-35-29(40)28(32)33;1-20(38)33-17-27-19-36(30(39)41-27)24-9-12-28(29(31)13-24)23-7-3-21(4-8-23)14-32-15-25-16-34-35-37(25)18-22-5-10-26(40-2)11-6-22/h2-12,17,25,28,34H,13-16,18H2,1H3,(H,35,40);3-13,16,27,32H,14-15,17-19H2,1-2H3,(H,33,38)/t25-;27-/m00/s1. The van der Waals surface area contributed by atoms with Crippen molar-refractivity contribution in [3.05, 3.63) is 191 Å². The van der Waals surface area contributed by atoms with Crippen LogP contribution in [0.3, 0.4) is 0 Å². The Balaban J connectivity index is 0.000000202. The lowest BCUT2D eigenvalue weighted by Crippen LogP contribution is -2.37. The van der Waals surface area contributed by atoms with Crippen molar-refractivity contribution in [2.75, 3.05) is 50.2 Å². The molecule has 2 aliphatic heterocycles. The first-order chi connectivity index (χ1) is 40.7. The van der Waals surface area contributed by atoms with Crippen molar-refractivity contribution >= 4 is 35.4 Å². The summed E-state index contributed by atoms with van der Waals surface area (Å²) in [5, 5.41) is 28.0. The van der Waals surface area contributed by atoms with Crippen molar-refractivity contribution in [3.63, 3.8) is 0 Å². The van der Waals surface area contributed by atoms with Gasteiger partial charge in [0.1, 0.15) is 35.3 Å². The lowest BCUT2D eigenvalue weighted by Gasteiger charge is -2.15. The van der Waals surface area contributed by atoms with Crippen LogP contribution in [0.1, 0.15) is 40.6 Å². The summed E-state index contributed by atoms with van der Waals surface area (Å²) in [5.41, 5.74) is 8.83. The van der Waals surface area contributed by atoms with Crippen molar-refractivity contribution in [1.82, 2.24) is 51.3 Å². The summed E-state index contributed by atoms with van der Waals surface area (Å²) in [6.07, 6.45) is -2.16. The molecule has 0 saturated carbocycles. The van der Waals surface area contributed by atoms with Crippen LogP contribution in [0.25, 0.3) is 22.3 Å². The molecule has 0 radical (unpaired) electrons. The first-order valence-electron chi connectivity index (χ1n) is 26.7. The van der Waals surface area contributed by atoms with E-state index in [1.54, 1.807) is 49.4 Å². The van der Waals surface area contributed by atoms with Gasteiger partial charge in [0.15, 0.2) is 0 Å². The molecule has 4 amide bonds. The fraction of sp³-hybridized carbons (Fsp3) is 0.267. The smallest absolute Gasteiger partial charge is 0.414 e. The SMILES string of the molecule is COc1ccc(Cn2cc(CNCc3ccc(-c4ccc(N5C[C@H](CNC(=O)C(F)F)OC5=O)cc4F)cc3)nn2)cc1.COc1ccc(Cn2nncc2CNCc2ccc(-c3ccc(N4C[C@H](CNC(C)=O)OC4=O)cc3F)cc2)cc1. The number of carbonyl (C=O) groups excluding carboxylic acids is 4. The third-order valence-corrected chi connectivity index (χ3v) is 13.6. The molecule has 6 aromatic carbocycles. The number of carbonyl (C=O) groups is 4. The van der Waals surface area contributed by atoms with Crippen molar-refractivity contribution < 1.29 is 55.7 Å². The number of hydrogen-bond acceptors (Lipinski definition) is 14. The number of anilines is 2. The highest BCUT2D eigenvalue weighted by Crippen LogP contribution is 2.31. The van der Waals surface area contributed by atoms with Crippen LogP contribution in [0.5, 0.6) is 11.5 Å². The van der Waals surface area contributed by atoms with E-state index in [4.69, 9.17) is 18.9 Å². The predicted octanol–water partition coefficient (Wildman–Crippen LogP) is 8.03. The number of ether oxygens (including phenoxy) is 4. The van der Waals surface area contributed by atoms with Gasteiger partial charge in [0.2, 0.25) is 5.91 Å². The van der Waals surface area contributed by atoms with Gasteiger partial charge in [-0.15, -0.1) is 10.2 Å². The average Bonchev–Trinajstić information content (AvgIpc) is 4.21. The van der Waals surface area contributed by atoms with Gasteiger partial charge in [0.25, 0.3) is 5.91 Å². The first kappa shape index (κ1) is 59.0. The van der Waals surface area contributed by atoms with E-state index in [2.05, 4.69) is 36.6 Å². The van der Waals surface area contributed by atoms with E-state index in [1.165, 1.54) is 28.9 Å². The van der Waals surface area contributed by atoms with Crippen molar-refractivity contribution in [2.24, 2.45) is 0 Å². The highest BCUT2D eigenvalue weighted by atomic mass is 19.3. The first-order valence-corrected chi connectivity index (χ1v) is 26.7. The number of nitrogens with zero attached hydrogens (tertiary/aromatic N) is 8. The zero-order valence-electron chi connectivity index (χ0n) is 46.0. The van der Waals surface area contributed by atoms with Gasteiger partial charge >= 0.3 is 18.6 Å². The molecule has 2 aliphatic rings. The summed E-state index contributed by atoms with van der Waals surface area (Å²) >= 11 is 0. The van der Waals surface area contributed by atoms with Gasteiger partial charge in [-0.05, 0) is 94.0 Å². The second-order valence-electron chi connectivity index (χ2n) is 19.6. The van der Waals surface area contributed by atoms with Gasteiger partial charge in [-0.2, -0.15) is 8.78 Å². The molecule has 0 unspecified atom stereocenters. The van der Waals surface area contributed by atoms with Gasteiger partial charge in [-0.1, -0.05) is 83.2 Å². The maximum Gasteiger partial charge on any atom is 0.414 e. The molecule has 0 aliphatic carbocycles. The molecule has 24 heteroatoms. The second-order valence-corrected chi connectivity index (χ2v) is 19.6. The molecule has 84 heavy (non-hydrogen) atoms. The molecule has 2 aromatic heterocycles. The second kappa shape index (κ2) is 27.9. The van der Waals surface area contributed by atoms with Crippen molar-refractivity contribution in [3.8, 4) is 33.8 Å². The summed E-state index contributed by atoms with van der Waals surface area (Å²) in [7, 11) is 3.27. The van der Waals surface area contributed by atoms with Crippen molar-refractivity contribution in [1.29, 1.82) is 0 Å². The van der Waals surface area contributed by atoms with Crippen LogP contribution in [0.15, 0.2) is 146 Å². The number of benzene rings is 6. The molecule has 2 atom stereocenters.